The number of carbonyl (C=O) groups excluding carboxylic acids is 1. The van der Waals surface area contributed by atoms with Crippen molar-refractivity contribution in [3.63, 3.8) is 0 Å². The first-order chi connectivity index (χ1) is 10.8. The van der Waals surface area contributed by atoms with E-state index in [1.54, 1.807) is 38.1 Å². The van der Waals surface area contributed by atoms with Crippen LogP contribution < -0.4 is 14.4 Å². The largest absolute Gasteiger partial charge is 0.492 e. The molecule has 1 aromatic carbocycles. The van der Waals surface area contributed by atoms with E-state index in [2.05, 4.69) is 5.32 Å². The average Bonchev–Trinajstić information content (AvgIpc) is 2.45. The van der Waals surface area contributed by atoms with E-state index < -0.39 is 15.9 Å². The van der Waals surface area contributed by atoms with Crippen molar-refractivity contribution in [2.75, 3.05) is 37.4 Å². The van der Waals surface area contributed by atoms with Gasteiger partial charge < -0.3 is 14.8 Å². The summed E-state index contributed by atoms with van der Waals surface area (Å²) in [5, 5.41) is 2.69. The maximum Gasteiger partial charge on any atom is 0.241 e. The molecule has 1 aromatic rings. The molecule has 8 heteroatoms. The number of nitrogens with one attached hydrogen (secondary N) is 1. The third-order valence-electron chi connectivity index (χ3n) is 2.95. The minimum absolute atomic E-state index is 0.212. The highest BCUT2D eigenvalue weighted by atomic mass is 32.2. The summed E-state index contributed by atoms with van der Waals surface area (Å²) in [4.78, 5) is 12.1. The number of anilines is 1. The Labute approximate surface area is 137 Å². The molecule has 0 radical (unpaired) electrons. The van der Waals surface area contributed by atoms with Crippen molar-refractivity contribution in [1.82, 2.24) is 5.32 Å². The maximum absolute atomic E-state index is 12.1. The molecule has 0 fully saturated rings. The molecule has 23 heavy (non-hydrogen) atoms. The zero-order chi connectivity index (χ0) is 17.5. The SMILES string of the molecule is CCOc1ccccc1N(CC(=O)NC(C)COC)S(C)(=O)=O. The summed E-state index contributed by atoms with van der Waals surface area (Å²) >= 11 is 0. The predicted octanol–water partition coefficient (Wildman–Crippen LogP) is 1.00. The number of ether oxygens (including phenoxy) is 2. The van der Waals surface area contributed by atoms with E-state index in [0.717, 1.165) is 10.6 Å². The molecule has 0 saturated heterocycles. The number of nitrogens with zero attached hydrogens (tertiary/aromatic N) is 1. The van der Waals surface area contributed by atoms with E-state index in [-0.39, 0.29) is 12.6 Å². The zero-order valence-corrected chi connectivity index (χ0v) is 14.7. The lowest BCUT2D eigenvalue weighted by atomic mass is 10.3. The topological polar surface area (TPSA) is 84.9 Å². The molecular weight excluding hydrogens is 320 g/mol. The highest BCUT2D eigenvalue weighted by Gasteiger charge is 2.24. The van der Waals surface area contributed by atoms with Gasteiger partial charge in [-0.2, -0.15) is 0 Å². The van der Waals surface area contributed by atoms with Crippen molar-refractivity contribution in [3.05, 3.63) is 24.3 Å². The Morgan fingerprint density at radius 2 is 2.00 bits per heavy atom. The second-order valence-electron chi connectivity index (χ2n) is 5.09. The summed E-state index contributed by atoms with van der Waals surface area (Å²) in [6, 6.07) is 6.51. The summed E-state index contributed by atoms with van der Waals surface area (Å²) in [6.07, 6.45) is 1.06. The number of sulfonamides is 1. The van der Waals surface area contributed by atoms with Crippen molar-refractivity contribution in [3.8, 4) is 5.75 Å². The molecule has 1 rings (SSSR count). The van der Waals surface area contributed by atoms with Crippen LogP contribution in [0.1, 0.15) is 13.8 Å². The molecule has 1 amide bonds. The summed E-state index contributed by atoms with van der Waals surface area (Å²) in [5.74, 6) is 0.00411. The van der Waals surface area contributed by atoms with Gasteiger partial charge in [0.2, 0.25) is 15.9 Å². The normalized spacial score (nSPS) is 12.5. The van der Waals surface area contributed by atoms with Gasteiger partial charge in [0.15, 0.2) is 0 Å². The second-order valence-corrected chi connectivity index (χ2v) is 7.00. The number of para-hydroxylation sites is 2. The third kappa shape index (κ3) is 6.07. The minimum Gasteiger partial charge on any atom is -0.492 e. The van der Waals surface area contributed by atoms with Gasteiger partial charge in [-0.05, 0) is 26.0 Å². The Kier molecular flexibility index (Phi) is 7.31. The fourth-order valence-corrected chi connectivity index (χ4v) is 2.92. The third-order valence-corrected chi connectivity index (χ3v) is 4.07. The van der Waals surface area contributed by atoms with E-state index in [1.165, 1.54) is 7.11 Å². The Morgan fingerprint density at radius 1 is 1.35 bits per heavy atom. The Morgan fingerprint density at radius 3 is 2.57 bits per heavy atom. The number of amides is 1. The fraction of sp³-hybridized carbons (Fsp3) is 0.533. The first kappa shape index (κ1) is 19.2. The van der Waals surface area contributed by atoms with Crippen LogP contribution in [0.25, 0.3) is 0 Å². The lowest BCUT2D eigenvalue weighted by molar-refractivity contribution is -0.120. The first-order valence-corrected chi connectivity index (χ1v) is 9.12. The van der Waals surface area contributed by atoms with E-state index in [0.29, 0.717) is 24.7 Å². The van der Waals surface area contributed by atoms with Crippen molar-refractivity contribution in [2.45, 2.75) is 19.9 Å². The number of hydrogen-bond donors (Lipinski definition) is 1. The van der Waals surface area contributed by atoms with Crippen LogP contribution in [0, 0.1) is 0 Å². The van der Waals surface area contributed by atoms with E-state index in [9.17, 15) is 13.2 Å². The zero-order valence-electron chi connectivity index (χ0n) is 13.9. The van der Waals surface area contributed by atoms with Gasteiger partial charge in [0.25, 0.3) is 0 Å². The van der Waals surface area contributed by atoms with Crippen molar-refractivity contribution >= 4 is 21.6 Å². The van der Waals surface area contributed by atoms with Crippen LogP contribution in [0.2, 0.25) is 0 Å². The summed E-state index contributed by atoms with van der Waals surface area (Å²) in [5.41, 5.74) is 0.339. The number of methoxy groups -OCH3 is 1. The van der Waals surface area contributed by atoms with Gasteiger partial charge in [-0.1, -0.05) is 12.1 Å². The molecule has 7 nitrogen and oxygen atoms in total. The molecule has 0 bridgehead atoms. The van der Waals surface area contributed by atoms with Crippen LogP contribution in [0.4, 0.5) is 5.69 Å². The molecule has 1 atom stereocenters. The van der Waals surface area contributed by atoms with Crippen LogP contribution >= 0.6 is 0 Å². The number of hydrogen-bond acceptors (Lipinski definition) is 5. The van der Waals surface area contributed by atoms with Gasteiger partial charge in [-0.25, -0.2) is 8.42 Å². The van der Waals surface area contributed by atoms with Gasteiger partial charge in [0.05, 0.1) is 25.2 Å². The van der Waals surface area contributed by atoms with E-state index in [4.69, 9.17) is 9.47 Å². The summed E-state index contributed by atoms with van der Waals surface area (Å²) in [7, 11) is -2.11. The van der Waals surface area contributed by atoms with E-state index in [1.807, 2.05) is 0 Å². The Balaban J connectivity index is 3.01. The van der Waals surface area contributed by atoms with Crippen LogP contribution in [0.3, 0.4) is 0 Å². The molecule has 0 saturated carbocycles. The highest BCUT2D eigenvalue weighted by molar-refractivity contribution is 7.92. The van der Waals surface area contributed by atoms with Gasteiger partial charge in [-0.3, -0.25) is 9.10 Å². The van der Waals surface area contributed by atoms with Crippen LogP contribution in [-0.2, 0) is 19.6 Å². The molecule has 0 aliphatic rings. The van der Waals surface area contributed by atoms with Crippen molar-refractivity contribution in [1.29, 1.82) is 0 Å². The molecular formula is C15H24N2O5S. The molecule has 1 N–H and O–H groups in total. The van der Waals surface area contributed by atoms with Crippen LogP contribution in [0.15, 0.2) is 24.3 Å². The molecule has 1 unspecified atom stereocenters. The quantitative estimate of drug-likeness (QED) is 0.722. The van der Waals surface area contributed by atoms with Crippen LogP contribution in [-0.4, -0.2) is 53.5 Å². The molecule has 0 aromatic heterocycles. The number of carbonyl (C=O) groups is 1. The number of benzene rings is 1. The highest BCUT2D eigenvalue weighted by Crippen LogP contribution is 2.29. The molecule has 0 heterocycles. The maximum atomic E-state index is 12.1. The summed E-state index contributed by atoms with van der Waals surface area (Å²) < 4.78 is 35.6. The molecule has 0 aliphatic heterocycles. The van der Waals surface area contributed by atoms with Crippen LogP contribution in [0.5, 0.6) is 5.75 Å². The molecule has 0 spiro atoms. The van der Waals surface area contributed by atoms with Gasteiger partial charge in [0, 0.05) is 13.2 Å². The number of rotatable bonds is 9. The van der Waals surface area contributed by atoms with Crippen molar-refractivity contribution < 1.29 is 22.7 Å². The van der Waals surface area contributed by atoms with E-state index >= 15 is 0 Å². The standard InChI is InChI=1S/C15H24N2O5S/c1-5-22-14-9-7-6-8-13(14)17(23(4,19)20)10-15(18)16-12(2)11-21-3/h6-9,12H,5,10-11H2,1-4H3,(H,16,18). The average molecular weight is 344 g/mol. The Hall–Kier alpha value is -1.80. The predicted molar refractivity (Wildman–Crippen MR) is 89.3 cm³/mol. The minimum atomic E-state index is -3.64. The monoisotopic (exact) mass is 344 g/mol. The molecule has 130 valence electrons. The Bertz CT molecular complexity index is 618. The second kappa shape index (κ2) is 8.73. The smallest absolute Gasteiger partial charge is 0.241 e. The lowest BCUT2D eigenvalue weighted by Crippen LogP contribution is -2.44. The van der Waals surface area contributed by atoms with Gasteiger partial charge in [0.1, 0.15) is 12.3 Å². The summed E-state index contributed by atoms with van der Waals surface area (Å²) in [6.45, 7) is 4.00. The lowest BCUT2D eigenvalue weighted by Gasteiger charge is -2.24. The fourth-order valence-electron chi connectivity index (χ4n) is 2.06. The van der Waals surface area contributed by atoms with Gasteiger partial charge >= 0.3 is 0 Å². The van der Waals surface area contributed by atoms with Crippen molar-refractivity contribution in [2.24, 2.45) is 0 Å². The first-order valence-electron chi connectivity index (χ1n) is 7.27. The molecule has 0 aliphatic carbocycles. The van der Waals surface area contributed by atoms with Gasteiger partial charge in [-0.15, -0.1) is 0 Å².